The second-order valence-corrected chi connectivity index (χ2v) is 6.50. The molecule has 0 aliphatic rings. The molecule has 4 N–H and O–H groups in total. The lowest BCUT2D eigenvalue weighted by Gasteiger charge is -2.07. The topological polar surface area (TPSA) is 75.9 Å². The predicted octanol–water partition coefficient (Wildman–Crippen LogP) is 2.96. The third-order valence-electron chi connectivity index (χ3n) is 1.93. The highest BCUT2D eigenvalue weighted by atomic mass is 79.9. The van der Waals surface area contributed by atoms with Crippen molar-refractivity contribution >= 4 is 55.0 Å². The molecule has 0 unspecified atom stereocenters. The van der Waals surface area contributed by atoms with Crippen LogP contribution in [-0.2, 0) is 6.54 Å². The van der Waals surface area contributed by atoms with E-state index in [1.54, 1.807) is 17.5 Å². The molecule has 90 valence electrons. The van der Waals surface area contributed by atoms with Crippen LogP contribution in [0.1, 0.15) is 4.88 Å². The highest BCUT2D eigenvalue weighted by Gasteiger charge is 2.05. The minimum absolute atomic E-state index is 0.378. The van der Waals surface area contributed by atoms with Gasteiger partial charge in [0.2, 0.25) is 5.95 Å². The number of nitrogens with one attached hydrogen (secondary N) is 2. The van der Waals surface area contributed by atoms with Crippen LogP contribution in [0.4, 0.5) is 11.8 Å². The van der Waals surface area contributed by atoms with Crippen molar-refractivity contribution in [3.8, 4) is 0 Å². The molecule has 0 aromatic carbocycles. The fraction of sp³-hybridized carbons (Fsp3) is 0.111. The lowest BCUT2D eigenvalue weighted by molar-refractivity contribution is 1.07. The molecule has 17 heavy (non-hydrogen) atoms. The summed E-state index contributed by atoms with van der Waals surface area (Å²) >= 11 is 8.48. The summed E-state index contributed by atoms with van der Waals surface area (Å²) in [7, 11) is 0. The number of hydrazine groups is 1. The van der Waals surface area contributed by atoms with Crippen molar-refractivity contribution in [1.82, 2.24) is 9.97 Å². The molecule has 8 heteroatoms. The number of aromatic nitrogens is 2. The van der Waals surface area contributed by atoms with Gasteiger partial charge < -0.3 is 5.32 Å². The number of rotatable bonds is 4. The highest BCUT2D eigenvalue weighted by Crippen LogP contribution is 2.24. The standard InChI is InChI=1S/C9H9Br2N5S/c10-6-4-14-9(16-12)15-8(6)13-3-5-1-2-7(11)17-5/h1-2,4H,3,12H2,(H2,13,14,15,16). The van der Waals surface area contributed by atoms with Gasteiger partial charge in [-0.15, -0.1) is 11.3 Å². The third-order valence-corrected chi connectivity index (χ3v) is 4.14. The monoisotopic (exact) mass is 377 g/mol. The summed E-state index contributed by atoms with van der Waals surface area (Å²) in [5.41, 5.74) is 2.41. The predicted molar refractivity (Wildman–Crippen MR) is 76.9 cm³/mol. The van der Waals surface area contributed by atoms with E-state index in [1.165, 1.54) is 4.88 Å². The molecule has 0 amide bonds. The van der Waals surface area contributed by atoms with Crippen LogP contribution in [0, 0.1) is 0 Å². The second-order valence-electron chi connectivity index (χ2n) is 3.09. The molecule has 0 bridgehead atoms. The Balaban J connectivity index is 2.07. The van der Waals surface area contributed by atoms with Crippen LogP contribution in [0.3, 0.4) is 0 Å². The van der Waals surface area contributed by atoms with E-state index >= 15 is 0 Å². The van der Waals surface area contributed by atoms with Gasteiger partial charge in [0.05, 0.1) is 14.8 Å². The fourth-order valence-corrected chi connectivity index (χ4v) is 2.93. The van der Waals surface area contributed by atoms with Crippen LogP contribution < -0.4 is 16.6 Å². The molecule has 0 spiro atoms. The summed E-state index contributed by atoms with van der Waals surface area (Å²) < 4.78 is 1.91. The summed E-state index contributed by atoms with van der Waals surface area (Å²) in [4.78, 5) is 9.39. The Bertz CT molecular complexity index is 516. The van der Waals surface area contributed by atoms with Crippen LogP contribution in [0.25, 0.3) is 0 Å². The zero-order valence-corrected chi connectivity index (χ0v) is 12.6. The molecule has 0 aliphatic heterocycles. The summed E-state index contributed by atoms with van der Waals surface area (Å²) in [5.74, 6) is 6.34. The van der Waals surface area contributed by atoms with Crippen molar-refractivity contribution in [2.24, 2.45) is 5.84 Å². The van der Waals surface area contributed by atoms with Crippen molar-refractivity contribution in [2.45, 2.75) is 6.54 Å². The minimum atomic E-state index is 0.378. The SMILES string of the molecule is NNc1ncc(Br)c(NCc2ccc(Br)s2)n1. The number of hydrogen-bond donors (Lipinski definition) is 3. The van der Waals surface area contributed by atoms with Crippen molar-refractivity contribution in [3.63, 3.8) is 0 Å². The fourth-order valence-electron chi connectivity index (χ4n) is 1.18. The Morgan fingerprint density at radius 2 is 2.18 bits per heavy atom. The van der Waals surface area contributed by atoms with Crippen LogP contribution in [-0.4, -0.2) is 9.97 Å². The van der Waals surface area contributed by atoms with Gasteiger partial charge in [-0.1, -0.05) is 0 Å². The average Bonchev–Trinajstić information content (AvgIpc) is 2.74. The Labute approximate surface area is 119 Å². The van der Waals surface area contributed by atoms with E-state index < -0.39 is 0 Å². The summed E-state index contributed by atoms with van der Waals surface area (Å²) in [5, 5.41) is 3.21. The average molecular weight is 379 g/mol. The number of nitrogens with zero attached hydrogens (tertiary/aromatic N) is 2. The van der Waals surface area contributed by atoms with E-state index in [-0.39, 0.29) is 0 Å². The molecule has 0 saturated carbocycles. The Morgan fingerprint density at radius 1 is 1.35 bits per heavy atom. The van der Waals surface area contributed by atoms with Crippen molar-refractivity contribution in [3.05, 3.63) is 31.5 Å². The molecule has 2 heterocycles. The zero-order valence-electron chi connectivity index (χ0n) is 8.58. The van der Waals surface area contributed by atoms with E-state index in [4.69, 9.17) is 5.84 Å². The third kappa shape index (κ3) is 3.38. The van der Waals surface area contributed by atoms with Crippen LogP contribution >= 0.6 is 43.2 Å². The maximum atomic E-state index is 5.26. The molecule has 2 rings (SSSR count). The van der Waals surface area contributed by atoms with E-state index in [0.29, 0.717) is 18.3 Å². The van der Waals surface area contributed by atoms with E-state index in [9.17, 15) is 0 Å². The first-order valence-electron chi connectivity index (χ1n) is 4.66. The van der Waals surface area contributed by atoms with Gasteiger partial charge >= 0.3 is 0 Å². The molecule has 5 nitrogen and oxygen atoms in total. The molecular weight excluding hydrogens is 370 g/mol. The maximum absolute atomic E-state index is 5.26. The number of nitrogen functional groups attached to an aromatic ring is 1. The number of hydrogen-bond acceptors (Lipinski definition) is 6. The van der Waals surface area contributed by atoms with E-state index in [2.05, 4.69) is 58.6 Å². The Hall–Kier alpha value is -0.700. The summed E-state index contributed by atoms with van der Waals surface area (Å²) in [6, 6.07) is 4.07. The molecule has 0 radical (unpaired) electrons. The smallest absolute Gasteiger partial charge is 0.239 e. The van der Waals surface area contributed by atoms with E-state index in [1.807, 2.05) is 6.07 Å². The highest BCUT2D eigenvalue weighted by molar-refractivity contribution is 9.11. The molecule has 2 aromatic heterocycles. The van der Waals surface area contributed by atoms with E-state index in [0.717, 1.165) is 8.26 Å². The van der Waals surface area contributed by atoms with Crippen molar-refractivity contribution in [2.75, 3.05) is 10.7 Å². The molecule has 2 aromatic rings. The van der Waals surface area contributed by atoms with Gasteiger partial charge in [-0.05, 0) is 44.0 Å². The first kappa shape index (κ1) is 12.7. The minimum Gasteiger partial charge on any atom is -0.364 e. The normalized spacial score (nSPS) is 10.3. The first-order chi connectivity index (χ1) is 8.19. The Kier molecular flexibility index (Phi) is 4.32. The quantitative estimate of drug-likeness (QED) is 0.563. The lowest BCUT2D eigenvalue weighted by Crippen LogP contribution is -2.12. The van der Waals surface area contributed by atoms with Crippen LogP contribution in [0.5, 0.6) is 0 Å². The molecular formula is C9H9Br2N5S. The van der Waals surface area contributed by atoms with Crippen LogP contribution in [0.15, 0.2) is 26.6 Å². The van der Waals surface area contributed by atoms with Gasteiger partial charge in [0.1, 0.15) is 5.82 Å². The summed E-state index contributed by atoms with van der Waals surface area (Å²) in [6.45, 7) is 0.704. The van der Waals surface area contributed by atoms with Gasteiger partial charge in [-0.25, -0.2) is 10.8 Å². The van der Waals surface area contributed by atoms with Gasteiger partial charge in [-0.2, -0.15) is 4.98 Å². The van der Waals surface area contributed by atoms with Gasteiger partial charge in [0.15, 0.2) is 0 Å². The first-order valence-corrected chi connectivity index (χ1v) is 7.06. The van der Waals surface area contributed by atoms with Gasteiger partial charge in [-0.3, -0.25) is 5.43 Å². The molecule has 0 fully saturated rings. The largest absolute Gasteiger partial charge is 0.364 e. The molecule has 0 atom stereocenters. The number of nitrogens with two attached hydrogens (primary N) is 1. The second kappa shape index (κ2) is 5.76. The number of halogens is 2. The lowest BCUT2D eigenvalue weighted by atomic mass is 10.4. The van der Waals surface area contributed by atoms with Crippen LogP contribution in [0.2, 0.25) is 0 Å². The molecule has 0 saturated heterocycles. The van der Waals surface area contributed by atoms with Crippen molar-refractivity contribution < 1.29 is 0 Å². The number of anilines is 2. The zero-order chi connectivity index (χ0) is 12.3. The van der Waals surface area contributed by atoms with Gasteiger partial charge in [0, 0.05) is 11.1 Å². The Morgan fingerprint density at radius 3 is 2.82 bits per heavy atom. The number of thiophene rings is 1. The molecule has 0 aliphatic carbocycles. The van der Waals surface area contributed by atoms with Crippen molar-refractivity contribution in [1.29, 1.82) is 0 Å². The summed E-state index contributed by atoms with van der Waals surface area (Å²) in [6.07, 6.45) is 1.65. The van der Waals surface area contributed by atoms with Gasteiger partial charge in [0.25, 0.3) is 0 Å². The maximum Gasteiger partial charge on any atom is 0.239 e.